The van der Waals surface area contributed by atoms with Crippen molar-refractivity contribution in [1.29, 1.82) is 0 Å². The standard InChI is InChI=1S/C20H14N6O4S/c27-18-10-11-19(28)26(18)16-6-2-14(3-7-16)23-24-15-4-8-17(9-5-15)31(29,30)25-20-21-12-1-13-22-20/h1-13H,(H,21,22,25). The van der Waals surface area contributed by atoms with Crippen LogP contribution in [0, 0.1) is 0 Å². The molecule has 0 fully saturated rings. The Bertz CT molecular complexity index is 1270. The van der Waals surface area contributed by atoms with Crippen LogP contribution in [0.4, 0.5) is 23.0 Å². The largest absolute Gasteiger partial charge is 0.269 e. The number of benzene rings is 2. The van der Waals surface area contributed by atoms with Crippen LogP contribution in [0.25, 0.3) is 0 Å². The minimum atomic E-state index is -3.83. The van der Waals surface area contributed by atoms with E-state index in [1.165, 1.54) is 48.8 Å². The molecule has 1 N–H and O–H groups in total. The molecular formula is C20H14N6O4S. The number of rotatable bonds is 6. The molecule has 0 saturated carbocycles. The lowest BCUT2D eigenvalue weighted by Crippen LogP contribution is -2.29. The Kier molecular flexibility index (Phi) is 5.33. The fourth-order valence-electron chi connectivity index (χ4n) is 2.66. The number of sulfonamides is 1. The van der Waals surface area contributed by atoms with Crippen molar-refractivity contribution < 1.29 is 18.0 Å². The fourth-order valence-corrected chi connectivity index (χ4v) is 3.62. The summed E-state index contributed by atoms with van der Waals surface area (Å²) in [5.41, 5.74) is 1.37. The quantitative estimate of drug-likeness (QED) is 0.468. The van der Waals surface area contributed by atoms with Crippen LogP contribution < -0.4 is 9.62 Å². The van der Waals surface area contributed by atoms with Crippen LogP contribution in [0.3, 0.4) is 0 Å². The van der Waals surface area contributed by atoms with Gasteiger partial charge < -0.3 is 0 Å². The fraction of sp³-hybridized carbons (Fsp3) is 0. The van der Waals surface area contributed by atoms with E-state index >= 15 is 0 Å². The summed E-state index contributed by atoms with van der Waals surface area (Å²) in [4.78, 5) is 32.1. The number of nitrogens with one attached hydrogen (secondary N) is 1. The molecule has 0 aliphatic carbocycles. The van der Waals surface area contributed by atoms with Gasteiger partial charge in [0.05, 0.1) is 22.0 Å². The number of imide groups is 1. The van der Waals surface area contributed by atoms with Gasteiger partial charge in [-0.2, -0.15) is 10.2 Å². The van der Waals surface area contributed by atoms with E-state index in [9.17, 15) is 18.0 Å². The molecule has 1 aliphatic heterocycles. The van der Waals surface area contributed by atoms with Gasteiger partial charge in [0.2, 0.25) is 5.95 Å². The number of carbonyl (C=O) groups excluding carboxylic acids is 2. The number of hydrogen-bond acceptors (Lipinski definition) is 8. The predicted octanol–water partition coefficient (Wildman–Crippen LogP) is 3.12. The number of carbonyl (C=O) groups is 2. The second kappa shape index (κ2) is 8.24. The predicted molar refractivity (Wildman–Crippen MR) is 112 cm³/mol. The number of anilines is 2. The van der Waals surface area contributed by atoms with Crippen LogP contribution >= 0.6 is 0 Å². The van der Waals surface area contributed by atoms with Crippen LogP contribution in [-0.2, 0) is 19.6 Å². The van der Waals surface area contributed by atoms with Gasteiger partial charge >= 0.3 is 0 Å². The molecule has 0 bridgehead atoms. The molecule has 4 rings (SSSR count). The molecule has 2 heterocycles. The molecule has 1 aliphatic rings. The topological polar surface area (TPSA) is 134 Å². The van der Waals surface area contributed by atoms with Crippen molar-refractivity contribution >= 4 is 44.8 Å². The first-order valence-electron chi connectivity index (χ1n) is 8.90. The maximum atomic E-state index is 12.4. The van der Waals surface area contributed by atoms with Crippen molar-refractivity contribution in [3.63, 3.8) is 0 Å². The van der Waals surface area contributed by atoms with Crippen LogP contribution in [0.2, 0.25) is 0 Å². The summed E-state index contributed by atoms with van der Waals surface area (Å²) in [7, 11) is -3.83. The number of amides is 2. The SMILES string of the molecule is O=C1C=CC(=O)N1c1ccc(N=Nc2ccc(S(=O)(=O)Nc3ncccn3)cc2)cc1. The molecule has 0 atom stereocenters. The van der Waals surface area contributed by atoms with Crippen molar-refractivity contribution in [1.82, 2.24) is 9.97 Å². The Morgan fingerprint density at radius 2 is 1.29 bits per heavy atom. The third-order valence-electron chi connectivity index (χ3n) is 4.14. The third-order valence-corrected chi connectivity index (χ3v) is 5.48. The summed E-state index contributed by atoms with van der Waals surface area (Å²) in [5.74, 6) is -0.826. The Balaban J connectivity index is 1.44. The minimum Gasteiger partial charge on any atom is -0.269 e. The highest BCUT2D eigenvalue weighted by Crippen LogP contribution is 2.25. The molecule has 3 aromatic rings. The van der Waals surface area contributed by atoms with E-state index in [0.717, 1.165) is 4.90 Å². The maximum Gasteiger partial charge on any atom is 0.264 e. The summed E-state index contributed by atoms with van der Waals surface area (Å²) in [6, 6.07) is 13.8. The molecule has 31 heavy (non-hydrogen) atoms. The monoisotopic (exact) mass is 434 g/mol. The molecular weight excluding hydrogens is 420 g/mol. The number of hydrogen-bond donors (Lipinski definition) is 1. The van der Waals surface area contributed by atoms with Crippen molar-refractivity contribution in [2.75, 3.05) is 9.62 Å². The second-order valence-corrected chi connectivity index (χ2v) is 7.92. The van der Waals surface area contributed by atoms with Crippen molar-refractivity contribution in [3.8, 4) is 0 Å². The van der Waals surface area contributed by atoms with Crippen LogP contribution in [0.5, 0.6) is 0 Å². The van der Waals surface area contributed by atoms with E-state index < -0.39 is 21.8 Å². The van der Waals surface area contributed by atoms with E-state index in [2.05, 4.69) is 24.9 Å². The average molecular weight is 434 g/mol. The van der Waals surface area contributed by atoms with Gasteiger partial charge in [-0.25, -0.2) is 28.0 Å². The Labute approximate surface area is 177 Å². The Morgan fingerprint density at radius 1 is 0.774 bits per heavy atom. The first-order chi connectivity index (χ1) is 14.9. The van der Waals surface area contributed by atoms with Crippen molar-refractivity contribution in [2.24, 2.45) is 10.2 Å². The molecule has 2 aromatic carbocycles. The van der Waals surface area contributed by atoms with Crippen LogP contribution in [0.1, 0.15) is 0 Å². The van der Waals surface area contributed by atoms with Gasteiger partial charge in [-0.3, -0.25) is 9.59 Å². The van der Waals surface area contributed by atoms with E-state index in [1.54, 1.807) is 30.3 Å². The lowest BCUT2D eigenvalue weighted by Gasteiger charge is -2.13. The summed E-state index contributed by atoms with van der Waals surface area (Å²) < 4.78 is 27.0. The summed E-state index contributed by atoms with van der Waals surface area (Å²) in [6.45, 7) is 0. The average Bonchev–Trinajstić information content (AvgIpc) is 3.11. The summed E-state index contributed by atoms with van der Waals surface area (Å²) in [6.07, 6.45) is 5.28. The molecule has 11 heteroatoms. The zero-order valence-electron chi connectivity index (χ0n) is 15.8. The van der Waals surface area contributed by atoms with Crippen molar-refractivity contribution in [2.45, 2.75) is 4.90 Å². The van der Waals surface area contributed by atoms with Gasteiger partial charge in [0.15, 0.2) is 0 Å². The highest BCUT2D eigenvalue weighted by molar-refractivity contribution is 7.92. The van der Waals surface area contributed by atoms with Gasteiger partial charge in [-0.1, -0.05) is 0 Å². The molecule has 0 spiro atoms. The lowest BCUT2D eigenvalue weighted by molar-refractivity contribution is -0.119. The van der Waals surface area contributed by atoms with E-state index in [0.29, 0.717) is 17.1 Å². The Hall–Kier alpha value is -4.25. The maximum absolute atomic E-state index is 12.4. The lowest BCUT2D eigenvalue weighted by atomic mass is 10.2. The first kappa shape index (κ1) is 20.0. The first-order valence-corrected chi connectivity index (χ1v) is 10.4. The second-order valence-electron chi connectivity index (χ2n) is 6.23. The minimum absolute atomic E-state index is 0.0248. The van der Waals surface area contributed by atoms with E-state index in [4.69, 9.17) is 0 Å². The van der Waals surface area contributed by atoms with E-state index in [-0.39, 0.29) is 10.8 Å². The van der Waals surface area contributed by atoms with Gasteiger partial charge in [0.1, 0.15) is 0 Å². The van der Waals surface area contributed by atoms with Gasteiger partial charge in [-0.15, -0.1) is 0 Å². The smallest absolute Gasteiger partial charge is 0.264 e. The third kappa shape index (κ3) is 4.51. The highest BCUT2D eigenvalue weighted by Gasteiger charge is 2.24. The molecule has 0 radical (unpaired) electrons. The molecule has 1 aromatic heterocycles. The molecule has 0 saturated heterocycles. The summed E-state index contributed by atoms with van der Waals surface area (Å²) in [5, 5.41) is 8.14. The molecule has 2 amide bonds. The number of aromatic nitrogens is 2. The highest BCUT2D eigenvalue weighted by atomic mass is 32.2. The van der Waals surface area contributed by atoms with Crippen LogP contribution in [0.15, 0.2) is 94.3 Å². The molecule has 10 nitrogen and oxygen atoms in total. The zero-order valence-corrected chi connectivity index (χ0v) is 16.6. The Morgan fingerprint density at radius 3 is 1.84 bits per heavy atom. The number of azo groups is 1. The van der Waals surface area contributed by atoms with E-state index in [1.807, 2.05) is 0 Å². The number of nitrogens with zero attached hydrogens (tertiary/aromatic N) is 5. The zero-order chi connectivity index (χ0) is 21.8. The van der Waals surface area contributed by atoms with Crippen LogP contribution in [-0.4, -0.2) is 30.2 Å². The summed E-state index contributed by atoms with van der Waals surface area (Å²) >= 11 is 0. The normalized spacial score (nSPS) is 13.9. The molecule has 154 valence electrons. The van der Waals surface area contributed by atoms with Gasteiger partial charge in [-0.05, 0) is 54.6 Å². The van der Waals surface area contributed by atoms with Crippen molar-refractivity contribution in [3.05, 3.63) is 79.1 Å². The van der Waals surface area contributed by atoms with Gasteiger partial charge in [0, 0.05) is 24.5 Å². The van der Waals surface area contributed by atoms with Gasteiger partial charge in [0.25, 0.3) is 21.8 Å². The molecule has 0 unspecified atom stereocenters.